The maximum atomic E-state index is 12.1. The molecular formula is C42H80O5. The van der Waals surface area contributed by atoms with Gasteiger partial charge in [-0.2, -0.15) is 0 Å². The Bertz CT molecular complexity index is 676. The van der Waals surface area contributed by atoms with Gasteiger partial charge in [-0.25, -0.2) is 0 Å². The van der Waals surface area contributed by atoms with Crippen LogP contribution in [0, 0.1) is 0 Å². The highest BCUT2D eigenvalue weighted by Gasteiger charge is 2.16. The van der Waals surface area contributed by atoms with Crippen LogP contribution in [0.5, 0.6) is 0 Å². The van der Waals surface area contributed by atoms with Crippen LogP contribution in [0.25, 0.3) is 0 Å². The molecule has 0 aromatic carbocycles. The van der Waals surface area contributed by atoms with Gasteiger partial charge in [0, 0.05) is 12.8 Å². The molecule has 0 aliphatic rings. The highest BCUT2D eigenvalue weighted by atomic mass is 16.6. The van der Waals surface area contributed by atoms with Gasteiger partial charge in [0.2, 0.25) is 0 Å². The SMILES string of the molecule is CCCCC/C=C/CCCCCCCC(=O)O[C@@H](CO)COC(=O)CCCCCCCCCCCCCCCCCCCCCCC. The monoisotopic (exact) mass is 665 g/mol. The summed E-state index contributed by atoms with van der Waals surface area (Å²) in [7, 11) is 0. The topological polar surface area (TPSA) is 72.8 Å². The fraction of sp³-hybridized carbons (Fsp3) is 0.905. The van der Waals surface area contributed by atoms with Gasteiger partial charge in [0.25, 0.3) is 0 Å². The van der Waals surface area contributed by atoms with Crippen LogP contribution in [-0.4, -0.2) is 36.4 Å². The Hall–Kier alpha value is -1.36. The number of aliphatic hydroxyl groups is 1. The van der Waals surface area contributed by atoms with Gasteiger partial charge in [0.1, 0.15) is 6.61 Å². The molecule has 0 amide bonds. The van der Waals surface area contributed by atoms with Crippen molar-refractivity contribution in [1.82, 2.24) is 0 Å². The summed E-state index contributed by atoms with van der Waals surface area (Å²) in [6.07, 6.45) is 44.3. The number of hydrogen-bond acceptors (Lipinski definition) is 5. The number of esters is 2. The number of hydrogen-bond donors (Lipinski definition) is 1. The minimum atomic E-state index is -0.768. The van der Waals surface area contributed by atoms with Crippen LogP contribution in [-0.2, 0) is 19.1 Å². The molecule has 47 heavy (non-hydrogen) atoms. The first-order chi connectivity index (χ1) is 23.1. The Labute approximate surface area is 292 Å². The second-order valence-corrected chi connectivity index (χ2v) is 14.1. The summed E-state index contributed by atoms with van der Waals surface area (Å²) in [5.74, 6) is -0.590. The number of ether oxygens (including phenoxy) is 2. The van der Waals surface area contributed by atoms with E-state index in [0.717, 1.165) is 38.5 Å². The molecule has 278 valence electrons. The van der Waals surface area contributed by atoms with Crippen molar-refractivity contribution in [2.45, 2.75) is 232 Å². The van der Waals surface area contributed by atoms with Crippen molar-refractivity contribution in [2.75, 3.05) is 13.2 Å². The van der Waals surface area contributed by atoms with Gasteiger partial charge in [-0.3, -0.25) is 9.59 Å². The van der Waals surface area contributed by atoms with Gasteiger partial charge in [0.05, 0.1) is 6.61 Å². The van der Waals surface area contributed by atoms with Crippen molar-refractivity contribution < 1.29 is 24.2 Å². The summed E-state index contributed by atoms with van der Waals surface area (Å²) in [4.78, 5) is 24.2. The Morgan fingerprint density at radius 2 is 0.787 bits per heavy atom. The molecular weight excluding hydrogens is 584 g/mol. The molecule has 0 saturated carbocycles. The maximum absolute atomic E-state index is 12.1. The highest BCUT2D eigenvalue weighted by Crippen LogP contribution is 2.16. The van der Waals surface area contributed by atoms with E-state index in [0.29, 0.717) is 12.8 Å². The maximum Gasteiger partial charge on any atom is 0.306 e. The van der Waals surface area contributed by atoms with E-state index in [9.17, 15) is 14.7 Å². The second kappa shape index (κ2) is 39.1. The van der Waals surface area contributed by atoms with Crippen molar-refractivity contribution in [1.29, 1.82) is 0 Å². The fourth-order valence-electron chi connectivity index (χ4n) is 6.14. The van der Waals surface area contributed by atoms with E-state index >= 15 is 0 Å². The number of unbranched alkanes of at least 4 members (excludes halogenated alkanes) is 28. The number of allylic oxidation sites excluding steroid dienone is 2. The molecule has 0 aliphatic heterocycles. The third kappa shape index (κ3) is 37.3. The van der Waals surface area contributed by atoms with E-state index in [2.05, 4.69) is 26.0 Å². The van der Waals surface area contributed by atoms with Crippen molar-refractivity contribution in [3.8, 4) is 0 Å². The quantitative estimate of drug-likeness (QED) is 0.0404. The average Bonchev–Trinajstić information content (AvgIpc) is 3.07. The Morgan fingerprint density at radius 3 is 1.19 bits per heavy atom. The van der Waals surface area contributed by atoms with Crippen LogP contribution in [0.15, 0.2) is 12.2 Å². The molecule has 0 fully saturated rings. The molecule has 0 spiro atoms. The molecule has 0 unspecified atom stereocenters. The van der Waals surface area contributed by atoms with Crippen molar-refractivity contribution >= 4 is 11.9 Å². The molecule has 1 N–H and O–H groups in total. The third-order valence-corrected chi connectivity index (χ3v) is 9.31. The average molecular weight is 665 g/mol. The smallest absolute Gasteiger partial charge is 0.306 e. The first kappa shape index (κ1) is 45.6. The van der Waals surface area contributed by atoms with Gasteiger partial charge in [-0.05, 0) is 38.5 Å². The van der Waals surface area contributed by atoms with E-state index in [1.165, 1.54) is 161 Å². The molecule has 0 bridgehead atoms. The van der Waals surface area contributed by atoms with Gasteiger partial charge in [0.15, 0.2) is 6.10 Å². The van der Waals surface area contributed by atoms with Crippen LogP contribution < -0.4 is 0 Å². The van der Waals surface area contributed by atoms with Crippen molar-refractivity contribution in [3.63, 3.8) is 0 Å². The highest BCUT2D eigenvalue weighted by molar-refractivity contribution is 5.70. The lowest BCUT2D eigenvalue weighted by Gasteiger charge is -2.15. The first-order valence-corrected chi connectivity index (χ1v) is 20.7. The van der Waals surface area contributed by atoms with Crippen molar-refractivity contribution in [2.24, 2.45) is 0 Å². The summed E-state index contributed by atoms with van der Waals surface area (Å²) in [5.41, 5.74) is 0. The Morgan fingerprint density at radius 1 is 0.468 bits per heavy atom. The molecule has 0 aromatic rings. The van der Waals surface area contributed by atoms with Crippen LogP contribution in [0.4, 0.5) is 0 Å². The number of aliphatic hydroxyl groups excluding tert-OH is 1. The first-order valence-electron chi connectivity index (χ1n) is 20.7. The molecule has 0 aromatic heterocycles. The number of carbonyl (C=O) groups is 2. The summed E-state index contributed by atoms with van der Waals surface area (Å²) in [5, 5.41) is 9.54. The van der Waals surface area contributed by atoms with Crippen molar-refractivity contribution in [3.05, 3.63) is 12.2 Å². The summed E-state index contributed by atoms with van der Waals surface area (Å²) in [6.45, 7) is 4.13. The predicted octanol–water partition coefficient (Wildman–Crippen LogP) is 12.9. The molecule has 5 nitrogen and oxygen atoms in total. The molecule has 0 heterocycles. The van der Waals surface area contributed by atoms with E-state index in [1.54, 1.807) is 0 Å². The Balaban J connectivity index is 3.47. The lowest BCUT2D eigenvalue weighted by atomic mass is 10.0. The normalized spacial score (nSPS) is 12.1. The molecule has 0 aliphatic carbocycles. The predicted molar refractivity (Wildman–Crippen MR) is 201 cm³/mol. The summed E-state index contributed by atoms with van der Waals surface area (Å²) < 4.78 is 10.6. The molecule has 0 saturated heterocycles. The van der Waals surface area contributed by atoms with Gasteiger partial charge in [-0.1, -0.05) is 187 Å². The van der Waals surface area contributed by atoms with Gasteiger partial charge in [-0.15, -0.1) is 0 Å². The third-order valence-electron chi connectivity index (χ3n) is 9.31. The standard InChI is InChI=1S/C42H80O5/c1-3-5-7-9-11-13-15-17-18-19-20-21-22-23-24-25-27-28-30-32-34-36-41(44)46-39-40(38-43)47-42(45)37-35-33-31-29-26-16-14-12-10-8-6-4-2/h12,14,40,43H,3-11,13,15-39H2,1-2H3/b14-12+/t40-/m0/s1. The number of rotatable bonds is 38. The van der Waals surface area contributed by atoms with E-state index in [1.807, 2.05) is 0 Å². The summed E-state index contributed by atoms with van der Waals surface area (Å²) >= 11 is 0. The Kier molecular flexibility index (Phi) is 38.0. The zero-order chi connectivity index (χ0) is 34.3. The second-order valence-electron chi connectivity index (χ2n) is 14.1. The summed E-state index contributed by atoms with van der Waals surface area (Å²) in [6, 6.07) is 0. The largest absolute Gasteiger partial charge is 0.462 e. The van der Waals surface area contributed by atoms with Crippen LogP contribution in [0.2, 0.25) is 0 Å². The molecule has 1 atom stereocenters. The molecule has 0 rings (SSSR count). The lowest BCUT2D eigenvalue weighted by Crippen LogP contribution is -2.28. The minimum Gasteiger partial charge on any atom is -0.462 e. The number of carbonyl (C=O) groups excluding carboxylic acids is 2. The lowest BCUT2D eigenvalue weighted by molar-refractivity contribution is -0.161. The van der Waals surface area contributed by atoms with Crippen LogP contribution in [0.3, 0.4) is 0 Å². The zero-order valence-electron chi connectivity index (χ0n) is 31.6. The van der Waals surface area contributed by atoms with Crippen LogP contribution in [0.1, 0.15) is 226 Å². The minimum absolute atomic E-state index is 0.0632. The van der Waals surface area contributed by atoms with E-state index in [-0.39, 0.29) is 25.2 Å². The fourth-order valence-corrected chi connectivity index (χ4v) is 6.14. The van der Waals surface area contributed by atoms with E-state index < -0.39 is 6.10 Å². The van der Waals surface area contributed by atoms with Gasteiger partial charge < -0.3 is 14.6 Å². The van der Waals surface area contributed by atoms with Gasteiger partial charge >= 0.3 is 11.9 Å². The zero-order valence-corrected chi connectivity index (χ0v) is 31.6. The molecule has 5 heteroatoms. The van der Waals surface area contributed by atoms with Crippen LogP contribution >= 0.6 is 0 Å². The molecule has 0 radical (unpaired) electrons. The van der Waals surface area contributed by atoms with E-state index in [4.69, 9.17) is 9.47 Å².